The van der Waals surface area contributed by atoms with Gasteiger partial charge >= 0.3 is 0 Å². The van der Waals surface area contributed by atoms with Crippen molar-refractivity contribution in [2.45, 2.75) is 70.5 Å². The summed E-state index contributed by atoms with van der Waals surface area (Å²) < 4.78 is 0. The topological polar surface area (TPSA) is 38.0 Å². The average Bonchev–Trinajstić information content (AvgIpc) is 2.03. The highest BCUT2D eigenvalue weighted by molar-refractivity contribution is 4.86. The molecule has 0 aliphatic heterocycles. The van der Waals surface area contributed by atoms with Crippen LogP contribution < -0.4 is 11.1 Å². The van der Waals surface area contributed by atoms with Gasteiger partial charge in [0.25, 0.3) is 0 Å². The van der Waals surface area contributed by atoms with Gasteiger partial charge in [-0.25, -0.2) is 0 Å². The first kappa shape index (κ1) is 11.0. The third kappa shape index (κ3) is 3.65. The number of hydrogen-bond acceptors (Lipinski definition) is 2. The SMILES string of the molecule is CCC(C)(C)NC1CCCC(N)C1. The Balaban J connectivity index is 2.35. The Hall–Kier alpha value is -0.0800. The molecule has 0 aromatic rings. The Kier molecular flexibility index (Phi) is 3.74. The van der Waals surface area contributed by atoms with Gasteiger partial charge in [-0.15, -0.1) is 0 Å². The standard InChI is InChI=1S/C11H24N2/c1-4-11(2,3)13-10-7-5-6-9(12)8-10/h9-10,13H,4-8,12H2,1-3H3. The summed E-state index contributed by atoms with van der Waals surface area (Å²) in [6, 6.07) is 1.08. The van der Waals surface area contributed by atoms with Gasteiger partial charge in [-0.05, 0) is 39.5 Å². The van der Waals surface area contributed by atoms with Gasteiger partial charge in [0.1, 0.15) is 0 Å². The molecule has 2 atom stereocenters. The fraction of sp³-hybridized carbons (Fsp3) is 1.00. The van der Waals surface area contributed by atoms with Crippen LogP contribution in [0.4, 0.5) is 0 Å². The average molecular weight is 184 g/mol. The van der Waals surface area contributed by atoms with Crippen LogP contribution in [0, 0.1) is 0 Å². The first-order valence-corrected chi connectivity index (χ1v) is 5.57. The lowest BCUT2D eigenvalue weighted by Crippen LogP contribution is -2.49. The molecule has 0 amide bonds. The quantitative estimate of drug-likeness (QED) is 0.704. The molecule has 3 N–H and O–H groups in total. The van der Waals surface area contributed by atoms with Crippen LogP contribution in [-0.4, -0.2) is 17.6 Å². The molecule has 0 aromatic heterocycles. The van der Waals surface area contributed by atoms with Crippen molar-refractivity contribution >= 4 is 0 Å². The molecule has 2 heteroatoms. The van der Waals surface area contributed by atoms with E-state index in [1.54, 1.807) is 0 Å². The molecule has 1 saturated carbocycles. The highest BCUT2D eigenvalue weighted by Gasteiger charge is 2.24. The number of hydrogen-bond donors (Lipinski definition) is 2. The van der Waals surface area contributed by atoms with E-state index in [4.69, 9.17) is 5.73 Å². The van der Waals surface area contributed by atoms with Crippen LogP contribution in [0.3, 0.4) is 0 Å². The molecule has 0 radical (unpaired) electrons. The van der Waals surface area contributed by atoms with Crippen molar-refractivity contribution in [1.29, 1.82) is 0 Å². The minimum absolute atomic E-state index is 0.279. The van der Waals surface area contributed by atoms with Gasteiger partial charge in [-0.2, -0.15) is 0 Å². The fourth-order valence-electron chi connectivity index (χ4n) is 2.01. The van der Waals surface area contributed by atoms with Gasteiger partial charge in [0.2, 0.25) is 0 Å². The van der Waals surface area contributed by atoms with E-state index in [9.17, 15) is 0 Å². The van der Waals surface area contributed by atoms with Gasteiger partial charge in [0.05, 0.1) is 0 Å². The summed E-state index contributed by atoms with van der Waals surface area (Å²) >= 11 is 0. The first-order chi connectivity index (χ1) is 6.03. The van der Waals surface area contributed by atoms with Gasteiger partial charge in [0, 0.05) is 17.6 Å². The highest BCUT2D eigenvalue weighted by Crippen LogP contribution is 2.20. The fourth-order valence-corrected chi connectivity index (χ4v) is 2.01. The molecular weight excluding hydrogens is 160 g/mol. The minimum Gasteiger partial charge on any atom is -0.328 e. The Morgan fingerprint density at radius 1 is 1.38 bits per heavy atom. The van der Waals surface area contributed by atoms with Crippen molar-refractivity contribution in [3.8, 4) is 0 Å². The largest absolute Gasteiger partial charge is 0.328 e. The summed E-state index contributed by atoms with van der Waals surface area (Å²) in [5.74, 6) is 0. The van der Waals surface area contributed by atoms with Crippen molar-refractivity contribution in [3.63, 3.8) is 0 Å². The van der Waals surface area contributed by atoms with E-state index in [1.807, 2.05) is 0 Å². The number of nitrogens with one attached hydrogen (secondary N) is 1. The molecule has 78 valence electrons. The van der Waals surface area contributed by atoms with Crippen molar-refractivity contribution in [2.24, 2.45) is 5.73 Å². The predicted molar refractivity (Wildman–Crippen MR) is 57.7 cm³/mol. The molecule has 0 heterocycles. The molecule has 1 aliphatic carbocycles. The second-order valence-electron chi connectivity index (χ2n) is 5.01. The number of nitrogens with two attached hydrogens (primary N) is 1. The lowest BCUT2D eigenvalue weighted by atomic mass is 9.89. The third-order valence-electron chi connectivity index (χ3n) is 3.19. The van der Waals surface area contributed by atoms with E-state index in [0.717, 1.165) is 6.42 Å². The zero-order chi connectivity index (χ0) is 9.90. The molecule has 2 nitrogen and oxygen atoms in total. The smallest absolute Gasteiger partial charge is 0.0125 e. The van der Waals surface area contributed by atoms with E-state index in [1.165, 1.54) is 25.7 Å². The summed E-state index contributed by atoms with van der Waals surface area (Å²) in [5.41, 5.74) is 6.22. The third-order valence-corrected chi connectivity index (χ3v) is 3.19. The minimum atomic E-state index is 0.279. The van der Waals surface area contributed by atoms with Crippen molar-refractivity contribution in [3.05, 3.63) is 0 Å². The first-order valence-electron chi connectivity index (χ1n) is 5.57. The van der Waals surface area contributed by atoms with E-state index in [0.29, 0.717) is 12.1 Å². The van der Waals surface area contributed by atoms with Gasteiger partial charge in [-0.3, -0.25) is 0 Å². The monoisotopic (exact) mass is 184 g/mol. The Morgan fingerprint density at radius 2 is 2.08 bits per heavy atom. The van der Waals surface area contributed by atoms with E-state index >= 15 is 0 Å². The molecule has 0 bridgehead atoms. The van der Waals surface area contributed by atoms with Crippen LogP contribution in [0.2, 0.25) is 0 Å². The van der Waals surface area contributed by atoms with E-state index in [2.05, 4.69) is 26.1 Å². The van der Waals surface area contributed by atoms with Crippen molar-refractivity contribution < 1.29 is 0 Å². The Labute approximate surface area is 82.3 Å². The van der Waals surface area contributed by atoms with Crippen LogP contribution in [0.25, 0.3) is 0 Å². The van der Waals surface area contributed by atoms with Crippen molar-refractivity contribution in [1.82, 2.24) is 5.32 Å². The van der Waals surface area contributed by atoms with Crippen LogP contribution in [-0.2, 0) is 0 Å². The molecule has 13 heavy (non-hydrogen) atoms. The summed E-state index contributed by atoms with van der Waals surface area (Å²) in [5, 5.41) is 3.70. The lowest BCUT2D eigenvalue weighted by Gasteiger charge is -2.35. The van der Waals surface area contributed by atoms with Crippen LogP contribution in [0.1, 0.15) is 52.9 Å². The maximum atomic E-state index is 5.95. The molecule has 2 unspecified atom stereocenters. The molecule has 1 fully saturated rings. The van der Waals surface area contributed by atoms with E-state index < -0.39 is 0 Å². The second-order valence-corrected chi connectivity index (χ2v) is 5.01. The molecule has 1 rings (SSSR count). The van der Waals surface area contributed by atoms with Gasteiger partial charge < -0.3 is 11.1 Å². The highest BCUT2D eigenvalue weighted by atomic mass is 15.0. The molecule has 0 saturated heterocycles. The molecular formula is C11H24N2. The normalized spacial score (nSPS) is 30.5. The summed E-state index contributed by atoms with van der Waals surface area (Å²) in [6.45, 7) is 6.77. The van der Waals surface area contributed by atoms with Crippen LogP contribution in [0.15, 0.2) is 0 Å². The zero-order valence-corrected chi connectivity index (χ0v) is 9.27. The second kappa shape index (κ2) is 4.43. The lowest BCUT2D eigenvalue weighted by molar-refractivity contribution is 0.259. The zero-order valence-electron chi connectivity index (χ0n) is 9.27. The van der Waals surface area contributed by atoms with Crippen molar-refractivity contribution in [2.75, 3.05) is 0 Å². The van der Waals surface area contributed by atoms with E-state index in [-0.39, 0.29) is 5.54 Å². The molecule has 0 aromatic carbocycles. The van der Waals surface area contributed by atoms with Gasteiger partial charge in [-0.1, -0.05) is 13.3 Å². The number of rotatable bonds is 3. The Morgan fingerprint density at radius 3 is 2.62 bits per heavy atom. The van der Waals surface area contributed by atoms with Crippen LogP contribution in [0.5, 0.6) is 0 Å². The maximum absolute atomic E-state index is 5.95. The van der Waals surface area contributed by atoms with Crippen LogP contribution >= 0.6 is 0 Å². The molecule has 0 spiro atoms. The maximum Gasteiger partial charge on any atom is 0.0125 e. The predicted octanol–water partition coefficient (Wildman–Crippen LogP) is 2.03. The van der Waals surface area contributed by atoms with Gasteiger partial charge in [0.15, 0.2) is 0 Å². The molecule has 1 aliphatic rings. The summed E-state index contributed by atoms with van der Waals surface area (Å²) in [4.78, 5) is 0. The summed E-state index contributed by atoms with van der Waals surface area (Å²) in [7, 11) is 0. The Bertz CT molecular complexity index is 154. The summed E-state index contributed by atoms with van der Waals surface area (Å²) in [6.07, 6.45) is 6.14.